The van der Waals surface area contributed by atoms with Crippen molar-refractivity contribution in [2.45, 2.75) is 25.0 Å². The minimum Gasteiger partial charge on any atom is -0.264 e. The van der Waals surface area contributed by atoms with Crippen molar-refractivity contribution in [1.82, 2.24) is 0 Å². The predicted molar refractivity (Wildman–Crippen MR) is 109 cm³/mol. The van der Waals surface area contributed by atoms with Crippen LogP contribution in [0.5, 0.6) is 0 Å². The van der Waals surface area contributed by atoms with Crippen LogP contribution >= 0.6 is 11.3 Å². The molecule has 1 aromatic heterocycles. The Morgan fingerprint density at radius 1 is 0.966 bits per heavy atom. The van der Waals surface area contributed by atoms with Crippen LogP contribution in [0.25, 0.3) is 0 Å². The highest BCUT2D eigenvalue weighted by Crippen LogP contribution is 2.39. The SMILES string of the molecule is O=[N+]([O-])c1ccc(C[C@H]2C[C@@H](c3cccs3)ON2c2ccc([N+](=O)[O-])cc2)cc1. The van der Waals surface area contributed by atoms with Gasteiger partial charge in [-0.1, -0.05) is 18.2 Å². The molecule has 0 saturated carbocycles. The number of rotatable bonds is 6. The summed E-state index contributed by atoms with van der Waals surface area (Å²) in [4.78, 5) is 28.3. The highest BCUT2D eigenvalue weighted by atomic mass is 32.1. The molecule has 9 heteroatoms. The molecule has 0 N–H and O–H groups in total. The molecule has 2 heterocycles. The van der Waals surface area contributed by atoms with Crippen LogP contribution < -0.4 is 5.06 Å². The van der Waals surface area contributed by atoms with Gasteiger partial charge in [-0.05, 0) is 35.6 Å². The van der Waals surface area contributed by atoms with Crippen molar-refractivity contribution in [3.8, 4) is 0 Å². The van der Waals surface area contributed by atoms with Crippen LogP contribution in [0.2, 0.25) is 0 Å². The summed E-state index contributed by atoms with van der Waals surface area (Å²) >= 11 is 1.62. The van der Waals surface area contributed by atoms with Crippen molar-refractivity contribution >= 4 is 28.4 Å². The molecule has 1 fully saturated rings. The number of hydrogen-bond acceptors (Lipinski definition) is 7. The number of non-ortho nitro benzene ring substituents is 2. The normalized spacial score (nSPS) is 18.7. The first kappa shape index (κ1) is 19.0. The average molecular weight is 411 g/mol. The van der Waals surface area contributed by atoms with Crippen LogP contribution in [0.15, 0.2) is 66.0 Å². The molecule has 0 unspecified atom stereocenters. The van der Waals surface area contributed by atoms with Gasteiger partial charge in [0.05, 0.1) is 21.6 Å². The van der Waals surface area contributed by atoms with Gasteiger partial charge in [0.2, 0.25) is 0 Å². The Bertz CT molecular complexity index is 1010. The van der Waals surface area contributed by atoms with E-state index in [1.807, 2.05) is 17.5 Å². The molecule has 1 aliphatic heterocycles. The molecule has 1 aliphatic rings. The molecule has 29 heavy (non-hydrogen) atoms. The number of hydrogen-bond donors (Lipinski definition) is 0. The number of benzene rings is 2. The van der Waals surface area contributed by atoms with Gasteiger partial charge in [-0.15, -0.1) is 11.3 Å². The molecule has 2 atom stereocenters. The Morgan fingerprint density at radius 2 is 1.59 bits per heavy atom. The third-order valence-corrected chi connectivity index (χ3v) is 5.82. The van der Waals surface area contributed by atoms with E-state index >= 15 is 0 Å². The molecule has 8 nitrogen and oxygen atoms in total. The standard InChI is InChI=1S/C20H17N3O5S/c24-22(25)16-5-3-14(4-6-16)12-18-13-19(20-2-1-11-29-20)28-21(18)15-7-9-17(10-8-15)23(26)27/h1-11,18-19H,12-13H2/t18-,19-/m0/s1. The Balaban J connectivity index is 1.59. The molecule has 4 rings (SSSR count). The lowest BCUT2D eigenvalue weighted by molar-refractivity contribution is -0.385. The zero-order valence-electron chi connectivity index (χ0n) is 15.2. The van der Waals surface area contributed by atoms with Crippen molar-refractivity contribution < 1.29 is 14.7 Å². The third-order valence-electron chi connectivity index (χ3n) is 4.85. The maximum Gasteiger partial charge on any atom is 0.269 e. The molecule has 2 aromatic carbocycles. The lowest BCUT2D eigenvalue weighted by atomic mass is 10.0. The van der Waals surface area contributed by atoms with Crippen LogP contribution in [0, 0.1) is 20.2 Å². The predicted octanol–water partition coefficient (Wildman–Crippen LogP) is 5.06. The minimum atomic E-state index is -0.433. The fraction of sp³-hybridized carbons (Fsp3) is 0.200. The van der Waals surface area contributed by atoms with Crippen LogP contribution in [-0.4, -0.2) is 15.9 Å². The maximum atomic E-state index is 10.9. The summed E-state index contributed by atoms with van der Waals surface area (Å²) in [7, 11) is 0. The van der Waals surface area contributed by atoms with Crippen LogP contribution in [0.4, 0.5) is 17.1 Å². The monoisotopic (exact) mass is 411 g/mol. The maximum absolute atomic E-state index is 10.9. The molecule has 0 spiro atoms. The first-order chi connectivity index (χ1) is 14.0. The number of nitro groups is 2. The smallest absolute Gasteiger partial charge is 0.264 e. The summed E-state index contributed by atoms with van der Waals surface area (Å²) in [6.07, 6.45) is 1.28. The van der Waals surface area contributed by atoms with Crippen molar-refractivity contribution in [2.24, 2.45) is 0 Å². The van der Waals surface area contributed by atoms with Crippen molar-refractivity contribution in [3.05, 3.63) is 96.7 Å². The van der Waals surface area contributed by atoms with Crippen molar-refractivity contribution in [2.75, 3.05) is 5.06 Å². The van der Waals surface area contributed by atoms with Gasteiger partial charge in [-0.3, -0.25) is 25.1 Å². The average Bonchev–Trinajstić information content (AvgIpc) is 3.38. The minimum absolute atomic E-state index is 0.00925. The highest BCUT2D eigenvalue weighted by Gasteiger charge is 2.35. The zero-order chi connectivity index (χ0) is 20.4. The summed E-state index contributed by atoms with van der Waals surface area (Å²) < 4.78 is 0. The molecule has 3 aromatic rings. The molecule has 0 radical (unpaired) electrons. The van der Waals surface area contributed by atoms with Crippen molar-refractivity contribution in [1.29, 1.82) is 0 Å². The quantitative estimate of drug-likeness (QED) is 0.415. The van der Waals surface area contributed by atoms with Gasteiger partial charge in [0, 0.05) is 35.6 Å². The van der Waals surface area contributed by atoms with Crippen LogP contribution in [0.1, 0.15) is 23.0 Å². The van der Waals surface area contributed by atoms with Gasteiger partial charge in [-0.25, -0.2) is 5.06 Å². The van der Waals surface area contributed by atoms with E-state index in [2.05, 4.69) is 0 Å². The topological polar surface area (TPSA) is 98.8 Å². The van der Waals surface area contributed by atoms with E-state index in [1.54, 1.807) is 40.7 Å². The number of thiophene rings is 1. The number of hydroxylamine groups is 1. The van der Waals surface area contributed by atoms with Crippen LogP contribution in [-0.2, 0) is 11.3 Å². The molecular formula is C20H17N3O5S. The fourth-order valence-corrected chi connectivity index (χ4v) is 4.20. The van der Waals surface area contributed by atoms with E-state index in [9.17, 15) is 20.2 Å². The summed E-state index contributed by atoms with van der Waals surface area (Å²) in [5, 5.41) is 25.6. The van der Waals surface area contributed by atoms with Crippen molar-refractivity contribution in [3.63, 3.8) is 0 Å². The Morgan fingerprint density at radius 3 is 2.14 bits per heavy atom. The highest BCUT2D eigenvalue weighted by molar-refractivity contribution is 7.10. The van der Waals surface area contributed by atoms with E-state index in [-0.39, 0.29) is 23.5 Å². The summed E-state index contributed by atoms with van der Waals surface area (Å²) in [6, 6.07) is 16.8. The van der Waals surface area contributed by atoms with E-state index in [0.29, 0.717) is 6.42 Å². The van der Waals surface area contributed by atoms with Gasteiger partial charge in [-0.2, -0.15) is 0 Å². The second-order valence-corrected chi connectivity index (χ2v) is 7.71. The number of anilines is 1. The second kappa shape index (κ2) is 7.98. The summed E-state index contributed by atoms with van der Waals surface area (Å²) in [5.41, 5.74) is 1.78. The summed E-state index contributed by atoms with van der Waals surface area (Å²) in [6.45, 7) is 0. The zero-order valence-corrected chi connectivity index (χ0v) is 16.0. The Hall–Kier alpha value is -3.30. The fourth-order valence-electron chi connectivity index (χ4n) is 3.44. The largest absolute Gasteiger partial charge is 0.269 e. The second-order valence-electron chi connectivity index (χ2n) is 6.73. The van der Waals surface area contributed by atoms with Gasteiger partial charge in [0.1, 0.15) is 6.10 Å². The molecular weight excluding hydrogens is 394 g/mol. The number of nitro benzene ring substituents is 2. The lowest BCUT2D eigenvalue weighted by Crippen LogP contribution is -2.29. The molecule has 148 valence electrons. The van der Waals surface area contributed by atoms with Gasteiger partial charge in [0.15, 0.2) is 0 Å². The number of nitrogens with zero attached hydrogens (tertiary/aromatic N) is 3. The van der Waals surface area contributed by atoms with Gasteiger partial charge < -0.3 is 0 Å². The molecule has 0 amide bonds. The Labute approximate surface area is 170 Å². The first-order valence-corrected chi connectivity index (χ1v) is 9.86. The first-order valence-electron chi connectivity index (χ1n) is 8.98. The molecule has 0 bridgehead atoms. The lowest BCUT2D eigenvalue weighted by Gasteiger charge is -2.24. The van der Waals surface area contributed by atoms with E-state index < -0.39 is 9.85 Å². The van der Waals surface area contributed by atoms with Gasteiger partial charge in [0.25, 0.3) is 11.4 Å². The van der Waals surface area contributed by atoms with E-state index in [0.717, 1.165) is 22.5 Å². The van der Waals surface area contributed by atoms with Gasteiger partial charge >= 0.3 is 0 Å². The Kier molecular flexibility index (Phi) is 5.24. The van der Waals surface area contributed by atoms with E-state index in [4.69, 9.17) is 4.84 Å². The van der Waals surface area contributed by atoms with E-state index in [1.165, 1.54) is 24.3 Å². The molecule has 0 aliphatic carbocycles. The summed E-state index contributed by atoms with van der Waals surface area (Å²) in [5.74, 6) is 0. The third kappa shape index (κ3) is 4.10. The molecule has 1 saturated heterocycles. The van der Waals surface area contributed by atoms with Crippen LogP contribution in [0.3, 0.4) is 0 Å².